The number of nitrogens with zero attached hydrogens (tertiary/aromatic N) is 1. The lowest BCUT2D eigenvalue weighted by molar-refractivity contribution is 0.0578. The molecule has 0 aromatic heterocycles. The highest BCUT2D eigenvalue weighted by Gasteiger charge is 2.27. The van der Waals surface area contributed by atoms with Crippen LogP contribution in [0.3, 0.4) is 0 Å². The Bertz CT molecular complexity index is 535. The summed E-state index contributed by atoms with van der Waals surface area (Å²) < 4.78 is 5.53. The number of ether oxygens (including phenoxy) is 1. The predicted octanol–water partition coefficient (Wildman–Crippen LogP) is 4.98. The zero-order chi connectivity index (χ0) is 16.9. The van der Waals surface area contributed by atoms with Gasteiger partial charge in [0.15, 0.2) is 0 Å². The number of carbonyl (C=O) groups is 1. The molecule has 0 bridgehead atoms. The van der Waals surface area contributed by atoms with Crippen molar-refractivity contribution in [2.24, 2.45) is 0 Å². The maximum Gasteiger partial charge on any atom is 0.414 e. The molecule has 1 aromatic carbocycles. The highest BCUT2D eigenvalue weighted by molar-refractivity contribution is 5.90. The molecule has 4 nitrogen and oxygen atoms in total. The largest absolute Gasteiger partial charge is 0.443 e. The van der Waals surface area contributed by atoms with Crippen molar-refractivity contribution >= 4 is 17.5 Å². The molecule has 0 aliphatic carbocycles. The number of anilines is 2. The van der Waals surface area contributed by atoms with E-state index in [2.05, 4.69) is 24.4 Å². The van der Waals surface area contributed by atoms with Gasteiger partial charge in [-0.15, -0.1) is 0 Å². The van der Waals surface area contributed by atoms with Crippen LogP contribution < -0.4 is 10.2 Å². The Kier molecular flexibility index (Phi) is 5.91. The lowest BCUT2D eigenvalue weighted by atomic mass is 10.0. The van der Waals surface area contributed by atoms with E-state index in [1.807, 2.05) is 26.8 Å². The fourth-order valence-corrected chi connectivity index (χ4v) is 2.82. The number of benzene rings is 1. The van der Waals surface area contributed by atoms with Crippen LogP contribution in [-0.4, -0.2) is 24.8 Å². The zero-order valence-corrected chi connectivity index (χ0v) is 14.9. The number of amides is 1. The number of rotatable bonds is 5. The van der Waals surface area contributed by atoms with Crippen LogP contribution in [0.2, 0.25) is 0 Å². The normalized spacial score (nSPS) is 14.3. The number of fused-ring (bicyclic) bond motifs is 1. The lowest BCUT2D eigenvalue weighted by Crippen LogP contribution is -2.39. The van der Waals surface area contributed by atoms with E-state index >= 15 is 0 Å². The molecule has 1 aliphatic rings. The van der Waals surface area contributed by atoms with Gasteiger partial charge in [-0.3, -0.25) is 4.90 Å². The van der Waals surface area contributed by atoms with Crippen molar-refractivity contribution in [3.05, 3.63) is 23.8 Å². The Labute approximate surface area is 140 Å². The van der Waals surface area contributed by atoms with Gasteiger partial charge in [0.05, 0.1) is 5.69 Å². The molecule has 1 heterocycles. The Balaban J connectivity index is 2.06. The first-order chi connectivity index (χ1) is 10.9. The Morgan fingerprint density at radius 3 is 2.78 bits per heavy atom. The average Bonchev–Trinajstić information content (AvgIpc) is 2.49. The summed E-state index contributed by atoms with van der Waals surface area (Å²) in [6, 6.07) is 6.28. The fraction of sp³-hybridized carbons (Fsp3) is 0.632. The number of hydrogen-bond acceptors (Lipinski definition) is 3. The van der Waals surface area contributed by atoms with Gasteiger partial charge in [-0.2, -0.15) is 0 Å². The molecule has 0 radical (unpaired) electrons. The van der Waals surface area contributed by atoms with Crippen molar-refractivity contribution < 1.29 is 9.53 Å². The maximum absolute atomic E-state index is 12.4. The molecule has 1 N–H and O–H groups in total. The van der Waals surface area contributed by atoms with Gasteiger partial charge in [0, 0.05) is 18.8 Å². The van der Waals surface area contributed by atoms with Crippen LogP contribution in [0.25, 0.3) is 0 Å². The summed E-state index contributed by atoms with van der Waals surface area (Å²) in [5, 5.41) is 3.48. The van der Waals surface area contributed by atoms with Crippen LogP contribution in [0.4, 0.5) is 16.2 Å². The van der Waals surface area contributed by atoms with Gasteiger partial charge >= 0.3 is 6.09 Å². The molecule has 0 unspecified atom stereocenters. The van der Waals surface area contributed by atoms with Gasteiger partial charge in [-0.1, -0.05) is 19.8 Å². The summed E-state index contributed by atoms with van der Waals surface area (Å²) in [7, 11) is 0. The molecule has 4 heteroatoms. The molecule has 1 aliphatic heterocycles. The van der Waals surface area contributed by atoms with E-state index in [9.17, 15) is 4.79 Å². The minimum atomic E-state index is -0.463. The third kappa shape index (κ3) is 5.15. The number of hydrogen-bond donors (Lipinski definition) is 1. The van der Waals surface area contributed by atoms with Crippen LogP contribution in [0.15, 0.2) is 18.2 Å². The quantitative estimate of drug-likeness (QED) is 0.779. The van der Waals surface area contributed by atoms with Crippen LogP contribution >= 0.6 is 0 Å². The summed E-state index contributed by atoms with van der Waals surface area (Å²) in [4.78, 5) is 14.2. The number of nitrogens with one attached hydrogen (secondary N) is 1. The minimum absolute atomic E-state index is 0.248. The van der Waals surface area contributed by atoms with Crippen molar-refractivity contribution in [1.82, 2.24) is 0 Å². The predicted molar refractivity (Wildman–Crippen MR) is 96.4 cm³/mol. The standard InChI is InChI=1S/C19H30N2O2/c1-5-6-7-12-20-16-10-11-17-15(14-16)9-8-13-21(17)18(22)23-19(2,3)4/h10-11,14,20H,5-9,12-13H2,1-4H3. The highest BCUT2D eigenvalue weighted by atomic mass is 16.6. The molecule has 1 amide bonds. The van der Waals surface area contributed by atoms with Crippen LogP contribution in [0, 0.1) is 0 Å². The molecular formula is C19H30N2O2. The maximum atomic E-state index is 12.4. The van der Waals surface area contributed by atoms with E-state index in [0.717, 1.165) is 37.3 Å². The topological polar surface area (TPSA) is 41.6 Å². The number of unbranched alkanes of at least 4 members (excludes halogenated alkanes) is 2. The molecule has 0 saturated carbocycles. The second-order valence-corrected chi connectivity index (χ2v) is 7.21. The SMILES string of the molecule is CCCCCNc1ccc2c(c1)CCCN2C(=O)OC(C)(C)C. The smallest absolute Gasteiger partial charge is 0.414 e. The van der Waals surface area contributed by atoms with Gasteiger partial charge in [0.1, 0.15) is 5.60 Å². The van der Waals surface area contributed by atoms with Gasteiger partial charge in [-0.25, -0.2) is 4.79 Å². The molecule has 2 rings (SSSR count). The Morgan fingerprint density at radius 2 is 2.09 bits per heavy atom. The van der Waals surface area contributed by atoms with Crippen LogP contribution in [0.1, 0.15) is 58.9 Å². The minimum Gasteiger partial charge on any atom is -0.443 e. The van der Waals surface area contributed by atoms with E-state index in [1.165, 1.54) is 24.8 Å². The summed E-state index contributed by atoms with van der Waals surface area (Å²) in [5.74, 6) is 0. The highest BCUT2D eigenvalue weighted by Crippen LogP contribution is 2.30. The molecular weight excluding hydrogens is 288 g/mol. The molecule has 0 fully saturated rings. The zero-order valence-electron chi connectivity index (χ0n) is 14.9. The molecule has 128 valence electrons. The number of carbonyl (C=O) groups excluding carboxylic acids is 1. The van der Waals surface area contributed by atoms with Crippen molar-refractivity contribution in [3.8, 4) is 0 Å². The number of aryl methyl sites for hydroxylation is 1. The molecule has 0 atom stereocenters. The third-order valence-electron chi connectivity index (χ3n) is 3.92. The van der Waals surface area contributed by atoms with Gasteiger partial charge in [0.2, 0.25) is 0 Å². The monoisotopic (exact) mass is 318 g/mol. The van der Waals surface area contributed by atoms with Crippen molar-refractivity contribution in [2.75, 3.05) is 23.3 Å². The summed E-state index contributed by atoms with van der Waals surface area (Å²) in [5.41, 5.74) is 2.90. The first-order valence-corrected chi connectivity index (χ1v) is 8.78. The van der Waals surface area contributed by atoms with Gasteiger partial charge in [0.25, 0.3) is 0 Å². The van der Waals surface area contributed by atoms with Crippen molar-refractivity contribution in [1.29, 1.82) is 0 Å². The molecule has 0 saturated heterocycles. The first-order valence-electron chi connectivity index (χ1n) is 8.78. The third-order valence-corrected chi connectivity index (χ3v) is 3.92. The molecule has 0 spiro atoms. The Hall–Kier alpha value is -1.71. The van der Waals surface area contributed by atoms with E-state index in [1.54, 1.807) is 4.90 Å². The Morgan fingerprint density at radius 1 is 1.30 bits per heavy atom. The summed E-state index contributed by atoms with van der Waals surface area (Å²) >= 11 is 0. The second kappa shape index (κ2) is 7.71. The van der Waals surface area contributed by atoms with E-state index in [0.29, 0.717) is 0 Å². The lowest BCUT2D eigenvalue weighted by Gasteiger charge is -2.32. The van der Waals surface area contributed by atoms with E-state index in [4.69, 9.17) is 4.74 Å². The summed E-state index contributed by atoms with van der Waals surface area (Å²) in [6.45, 7) is 9.65. The average molecular weight is 318 g/mol. The van der Waals surface area contributed by atoms with Crippen LogP contribution in [0.5, 0.6) is 0 Å². The second-order valence-electron chi connectivity index (χ2n) is 7.21. The first kappa shape index (κ1) is 17.6. The van der Waals surface area contributed by atoms with E-state index < -0.39 is 5.60 Å². The van der Waals surface area contributed by atoms with Gasteiger partial charge in [-0.05, 0) is 63.8 Å². The van der Waals surface area contributed by atoms with Crippen molar-refractivity contribution in [2.45, 2.75) is 65.4 Å². The van der Waals surface area contributed by atoms with Gasteiger partial charge < -0.3 is 10.1 Å². The van der Waals surface area contributed by atoms with Crippen molar-refractivity contribution in [3.63, 3.8) is 0 Å². The summed E-state index contributed by atoms with van der Waals surface area (Å²) in [6.07, 6.45) is 5.42. The molecule has 23 heavy (non-hydrogen) atoms. The fourth-order valence-electron chi connectivity index (χ4n) is 2.82. The van der Waals surface area contributed by atoms with Crippen LogP contribution in [-0.2, 0) is 11.2 Å². The molecule has 1 aromatic rings. The van der Waals surface area contributed by atoms with E-state index in [-0.39, 0.29) is 6.09 Å².